The second-order valence-corrected chi connectivity index (χ2v) is 7.02. The van der Waals surface area contributed by atoms with E-state index in [2.05, 4.69) is 4.72 Å². The third-order valence-electron chi connectivity index (χ3n) is 2.89. The van der Waals surface area contributed by atoms with E-state index in [-0.39, 0.29) is 16.5 Å². The van der Waals surface area contributed by atoms with Crippen LogP contribution in [-0.4, -0.2) is 8.42 Å². The predicted octanol–water partition coefficient (Wildman–Crippen LogP) is 3.56. The van der Waals surface area contributed by atoms with Crippen LogP contribution in [0.1, 0.15) is 11.1 Å². The molecule has 0 aromatic heterocycles. The van der Waals surface area contributed by atoms with E-state index in [4.69, 9.17) is 28.9 Å². The molecule has 0 amide bonds. The van der Waals surface area contributed by atoms with Gasteiger partial charge >= 0.3 is 0 Å². The van der Waals surface area contributed by atoms with Crippen LogP contribution >= 0.6 is 23.2 Å². The lowest BCUT2D eigenvalue weighted by molar-refractivity contribution is 0.601. The second kappa shape index (κ2) is 6.23. The number of benzene rings is 2. The molecule has 2 aromatic carbocycles. The predicted molar refractivity (Wildman–Crippen MR) is 86.3 cm³/mol. The molecular formula is C14H14Cl2N2O2S. The Morgan fingerprint density at radius 1 is 1.10 bits per heavy atom. The molecule has 0 fully saturated rings. The van der Waals surface area contributed by atoms with Crippen molar-refractivity contribution in [2.45, 2.75) is 18.4 Å². The lowest BCUT2D eigenvalue weighted by atomic mass is 10.2. The molecule has 0 radical (unpaired) electrons. The first-order valence-electron chi connectivity index (χ1n) is 6.11. The third-order valence-corrected chi connectivity index (χ3v) is 5.05. The largest absolute Gasteiger partial charge is 0.326 e. The van der Waals surface area contributed by atoms with E-state index in [1.54, 1.807) is 24.3 Å². The Kier molecular flexibility index (Phi) is 4.78. The number of hydrogen-bond acceptors (Lipinski definition) is 3. The molecule has 112 valence electrons. The summed E-state index contributed by atoms with van der Waals surface area (Å²) in [7, 11) is -3.83. The van der Waals surface area contributed by atoms with Crippen molar-refractivity contribution in [1.29, 1.82) is 0 Å². The van der Waals surface area contributed by atoms with Crippen LogP contribution in [0, 0.1) is 6.92 Å². The van der Waals surface area contributed by atoms with Gasteiger partial charge in [-0.15, -0.1) is 0 Å². The molecule has 2 aromatic rings. The van der Waals surface area contributed by atoms with Crippen LogP contribution in [0.4, 0.5) is 5.69 Å². The molecular weight excluding hydrogens is 331 g/mol. The number of nitrogens with one attached hydrogen (secondary N) is 1. The molecule has 0 atom stereocenters. The third kappa shape index (κ3) is 3.68. The molecule has 0 aliphatic carbocycles. The summed E-state index contributed by atoms with van der Waals surface area (Å²) >= 11 is 12.0. The fourth-order valence-electron chi connectivity index (χ4n) is 1.78. The Balaban J connectivity index is 2.43. The maximum Gasteiger partial charge on any atom is 0.263 e. The molecule has 7 heteroatoms. The highest BCUT2D eigenvalue weighted by Gasteiger charge is 2.19. The van der Waals surface area contributed by atoms with Gasteiger partial charge in [-0.05, 0) is 42.3 Å². The maximum atomic E-state index is 12.4. The van der Waals surface area contributed by atoms with E-state index in [0.29, 0.717) is 16.3 Å². The second-order valence-electron chi connectivity index (χ2n) is 4.56. The van der Waals surface area contributed by atoms with E-state index in [0.717, 1.165) is 5.56 Å². The summed E-state index contributed by atoms with van der Waals surface area (Å²) in [6, 6.07) is 9.69. The van der Waals surface area contributed by atoms with E-state index in [9.17, 15) is 8.42 Å². The fraction of sp³-hybridized carbons (Fsp3) is 0.143. The van der Waals surface area contributed by atoms with Gasteiger partial charge in [0.1, 0.15) is 4.90 Å². The van der Waals surface area contributed by atoms with Gasteiger partial charge in [0, 0.05) is 6.54 Å². The molecule has 0 bridgehead atoms. The molecule has 3 N–H and O–H groups in total. The Morgan fingerprint density at radius 2 is 1.81 bits per heavy atom. The molecule has 0 unspecified atom stereocenters. The summed E-state index contributed by atoms with van der Waals surface area (Å²) in [5.74, 6) is 0. The summed E-state index contributed by atoms with van der Waals surface area (Å²) in [5.41, 5.74) is 7.44. The van der Waals surface area contributed by atoms with Crippen molar-refractivity contribution in [3.8, 4) is 0 Å². The average molecular weight is 345 g/mol. The normalized spacial score (nSPS) is 11.4. The molecule has 0 aliphatic rings. The fourth-order valence-corrected chi connectivity index (χ4v) is 3.75. The topological polar surface area (TPSA) is 72.2 Å². The van der Waals surface area contributed by atoms with Gasteiger partial charge in [-0.2, -0.15) is 0 Å². The highest BCUT2D eigenvalue weighted by molar-refractivity contribution is 7.92. The van der Waals surface area contributed by atoms with Gasteiger partial charge in [0.15, 0.2) is 0 Å². The highest BCUT2D eigenvalue weighted by Crippen LogP contribution is 2.28. The molecule has 0 saturated carbocycles. The van der Waals surface area contributed by atoms with Gasteiger partial charge in [-0.1, -0.05) is 35.3 Å². The number of aryl methyl sites for hydroxylation is 1. The van der Waals surface area contributed by atoms with E-state index >= 15 is 0 Å². The monoisotopic (exact) mass is 344 g/mol. The zero-order valence-electron chi connectivity index (χ0n) is 11.2. The van der Waals surface area contributed by atoms with Gasteiger partial charge in [-0.25, -0.2) is 8.42 Å². The van der Waals surface area contributed by atoms with Gasteiger partial charge in [0.2, 0.25) is 0 Å². The van der Waals surface area contributed by atoms with E-state index in [1.807, 2.05) is 6.92 Å². The van der Waals surface area contributed by atoms with Crippen LogP contribution in [0.15, 0.2) is 41.3 Å². The SMILES string of the molecule is Cc1ccc(NS(=O)(=O)c2cc(CN)ccc2Cl)c(Cl)c1. The number of hydrogen-bond donors (Lipinski definition) is 2. The van der Waals surface area contributed by atoms with Gasteiger partial charge in [0.25, 0.3) is 10.0 Å². The van der Waals surface area contributed by atoms with E-state index in [1.165, 1.54) is 12.1 Å². The Bertz CT molecular complexity index is 777. The molecule has 0 spiro atoms. The van der Waals surface area contributed by atoms with Gasteiger partial charge < -0.3 is 5.73 Å². The quantitative estimate of drug-likeness (QED) is 0.890. The summed E-state index contributed by atoms with van der Waals surface area (Å²) in [6.07, 6.45) is 0. The number of anilines is 1. The summed E-state index contributed by atoms with van der Waals surface area (Å²) < 4.78 is 27.3. The van der Waals surface area contributed by atoms with Crippen molar-refractivity contribution >= 4 is 38.9 Å². The highest BCUT2D eigenvalue weighted by atomic mass is 35.5. The van der Waals surface area contributed by atoms with Crippen LogP contribution in [0.25, 0.3) is 0 Å². The first kappa shape index (κ1) is 16.1. The maximum absolute atomic E-state index is 12.4. The smallest absolute Gasteiger partial charge is 0.263 e. The zero-order chi connectivity index (χ0) is 15.6. The van der Waals surface area contributed by atoms with Crippen molar-refractivity contribution < 1.29 is 8.42 Å². The van der Waals surface area contributed by atoms with Crippen LogP contribution in [0.5, 0.6) is 0 Å². The van der Waals surface area contributed by atoms with Crippen LogP contribution in [0.3, 0.4) is 0 Å². The minimum absolute atomic E-state index is 0.0243. The van der Waals surface area contributed by atoms with Crippen molar-refractivity contribution in [3.63, 3.8) is 0 Å². The first-order chi connectivity index (χ1) is 9.83. The van der Waals surface area contributed by atoms with Gasteiger partial charge in [-0.3, -0.25) is 4.72 Å². The van der Waals surface area contributed by atoms with Crippen molar-refractivity contribution in [1.82, 2.24) is 0 Å². The Labute approximate surface area is 133 Å². The van der Waals surface area contributed by atoms with E-state index < -0.39 is 10.0 Å². The van der Waals surface area contributed by atoms with Crippen LogP contribution in [-0.2, 0) is 16.6 Å². The number of rotatable bonds is 4. The van der Waals surface area contributed by atoms with Crippen LogP contribution < -0.4 is 10.5 Å². The average Bonchev–Trinajstić information content (AvgIpc) is 2.42. The lowest BCUT2D eigenvalue weighted by Crippen LogP contribution is -2.14. The number of nitrogens with two attached hydrogens (primary N) is 1. The summed E-state index contributed by atoms with van der Waals surface area (Å²) in [5, 5.41) is 0.451. The van der Waals surface area contributed by atoms with Crippen molar-refractivity contribution in [2.24, 2.45) is 5.73 Å². The minimum atomic E-state index is -3.83. The zero-order valence-corrected chi connectivity index (χ0v) is 13.6. The summed E-state index contributed by atoms with van der Waals surface area (Å²) in [4.78, 5) is -0.0243. The van der Waals surface area contributed by atoms with Gasteiger partial charge in [0.05, 0.1) is 15.7 Å². The Morgan fingerprint density at radius 3 is 2.43 bits per heavy atom. The molecule has 21 heavy (non-hydrogen) atoms. The minimum Gasteiger partial charge on any atom is -0.326 e. The standard InChI is InChI=1S/C14H14Cl2N2O2S/c1-9-2-5-13(12(16)6-9)18-21(19,20)14-7-10(8-17)3-4-11(14)15/h2-7,18H,8,17H2,1H3. The lowest BCUT2D eigenvalue weighted by Gasteiger charge is -2.12. The van der Waals surface area contributed by atoms with Crippen molar-refractivity contribution in [2.75, 3.05) is 4.72 Å². The first-order valence-corrected chi connectivity index (χ1v) is 8.35. The molecule has 0 saturated heterocycles. The summed E-state index contributed by atoms with van der Waals surface area (Å²) in [6.45, 7) is 2.09. The Hall–Kier alpha value is -1.27. The molecule has 2 rings (SSSR count). The van der Waals surface area contributed by atoms with Crippen molar-refractivity contribution in [3.05, 3.63) is 57.6 Å². The molecule has 0 aliphatic heterocycles. The number of halogens is 2. The van der Waals surface area contributed by atoms with Crippen LogP contribution in [0.2, 0.25) is 10.0 Å². The molecule has 4 nitrogen and oxygen atoms in total. The number of sulfonamides is 1. The molecule has 0 heterocycles.